The van der Waals surface area contributed by atoms with Crippen LogP contribution >= 0.6 is 0 Å². The average molecular weight is 297 g/mol. The van der Waals surface area contributed by atoms with Gasteiger partial charge in [0.05, 0.1) is 12.7 Å². The molecule has 110 valence electrons. The van der Waals surface area contributed by atoms with Gasteiger partial charge in [0.2, 0.25) is 0 Å². The van der Waals surface area contributed by atoms with Crippen molar-refractivity contribution in [1.29, 1.82) is 0 Å². The van der Waals surface area contributed by atoms with Crippen LogP contribution in [0.4, 0.5) is 4.39 Å². The molecule has 3 aromatic rings. The molecule has 0 spiro atoms. The maximum Gasteiger partial charge on any atom is 0.337 e. The molecule has 0 unspecified atom stereocenters. The van der Waals surface area contributed by atoms with E-state index in [1.54, 1.807) is 42.5 Å². The average Bonchev–Trinajstić information content (AvgIpc) is 3.05. The standard InChI is InChI=1S/C17H12FNO3/c1-21-17(20)13-4-2-11(3-5-13)15-10-16(22-19-15)12-6-8-14(18)9-7-12/h2-10H,1H3. The van der Waals surface area contributed by atoms with Gasteiger partial charge in [-0.15, -0.1) is 0 Å². The van der Waals surface area contributed by atoms with Crippen molar-refractivity contribution in [2.75, 3.05) is 7.11 Å². The Balaban J connectivity index is 1.87. The Bertz CT molecular complexity index is 792. The Morgan fingerprint density at radius 1 is 1.05 bits per heavy atom. The quantitative estimate of drug-likeness (QED) is 0.687. The molecule has 4 nitrogen and oxygen atoms in total. The molecule has 0 aliphatic rings. The van der Waals surface area contributed by atoms with Gasteiger partial charge in [0.25, 0.3) is 0 Å². The first-order valence-corrected chi connectivity index (χ1v) is 6.59. The molecule has 3 rings (SSSR count). The van der Waals surface area contributed by atoms with E-state index in [1.807, 2.05) is 0 Å². The number of nitrogens with zero attached hydrogens (tertiary/aromatic N) is 1. The number of hydrogen-bond acceptors (Lipinski definition) is 4. The fourth-order valence-electron chi connectivity index (χ4n) is 2.06. The van der Waals surface area contributed by atoms with Crippen molar-refractivity contribution >= 4 is 5.97 Å². The van der Waals surface area contributed by atoms with Gasteiger partial charge >= 0.3 is 5.97 Å². The van der Waals surface area contributed by atoms with Crippen molar-refractivity contribution in [2.45, 2.75) is 0 Å². The number of rotatable bonds is 3. The second-order valence-electron chi connectivity index (χ2n) is 4.65. The molecule has 0 aliphatic heterocycles. The molecule has 22 heavy (non-hydrogen) atoms. The van der Waals surface area contributed by atoms with Crippen molar-refractivity contribution in [2.24, 2.45) is 0 Å². The highest BCUT2D eigenvalue weighted by molar-refractivity contribution is 5.89. The third kappa shape index (κ3) is 2.74. The molecule has 0 fully saturated rings. The van der Waals surface area contributed by atoms with Gasteiger partial charge in [-0.1, -0.05) is 17.3 Å². The molecular weight excluding hydrogens is 285 g/mol. The minimum Gasteiger partial charge on any atom is -0.465 e. The molecule has 0 radical (unpaired) electrons. The van der Waals surface area contributed by atoms with Crippen molar-refractivity contribution in [1.82, 2.24) is 5.16 Å². The summed E-state index contributed by atoms with van der Waals surface area (Å²) in [6.07, 6.45) is 0. The van der Waals surface area contributed by atoms with E-state index in [4.69, 9.17) is 4.52 Å². The first-order chi connectivity index (χ1) is 10.7. The van der Waals surface area contributed by atoms with Crippen LogP contribution in [-0.4, -0.2) is 18.2 Å². The highest BCUT2D eigenvalue weighted by Crippen LogP contribution is 2.26. The van der Waals surface area contributed by atoms with Gasteiger partial charge in [-0.25, -0.2) is 9.18 Å². The van der Waals surface area contributed by atoms with Gasteiger partial charge in [-0.2, -0.15) is 0 Å². The van der Waals surface area contributed by atoms with Crippen molar-refractivity contribution < 1.29 is 18.4 Å². The molecule has 0 bridgehead atoms. The number of aromatic nitrogens is 1. The summed E-state index contributed by atoms with van der Waals surface area (Å²) in [4.78, 5) is 11.4. The SMILES string of the molecule is COC(=O)c1ccc(-c2cc(-c3ccc(F)cc3)on2)cc1. The Kier molecular flexibility index (Phi) is 3.70. The summed E-state index contributed by atoms with van der Waals surface area (Å²) in [5.41, 5.74) is 2.65. The van der Waals surface area contributed by atoms with E-state index in [-0.39, 0.29) is 5.82 Å². The molecule has 1 aromatic heterocycles. The number of benzene rings is 2. The maximum atomic E-state index is 12.9. The van der Waals surface area contributed by atoms with Crippen LogP contribution in [0.3, 0.4) is 0 Å². The number of ether oxygens (including phenoxy) is 1. The highest BCUT2D eigenvalue weighted by Gasteiger charge is 2.10. The van der Waals surface area contributed by atoms with Gasteiger partial charge in [-0.3, -0.25) is 0 Å². The molecule has 0 aliphatic carbocycles. The van der Waals surface area contributed by atoms with E-state index in [0.29, 0.717) is 17.0 Å². The van der Waals surface area contributed by atoms with Crippen LogP contribution in [0.2, 0.25) is 0 Å². The van der Waals surface area contributed by atoms with Gasteiger partial charge in [0.1, 0.15) is 11.5 Å². The molecule has 0 saturated heterocycles. The predicted molar refractivity (Wildman–Crippen MR) is 78.7 cm³/mol. The van der Waals surface area contributed by atoms with E-state index in [2.05, 4.69) is 9.89 Å². The lowest BCUT2D eigenvalue weighted by Crippen LogP contribution is -2.00. The molecular formula is C17H12FNO3. The van der Waals surface area contributed by atoms with Crippen LogP contribution in [0.15, 0.2) is 59.1 Å². The number of carbonyl (C=O) groups excluding carboxylic acids is 1. The lowest BCUT2D eigenvalue weighted by molar-refractivity contribution is 0.0601. The van der Waals surface area contributed by atoms with E-state index in [1.165, 1.54) is 19.2 Å². The normalized spacial score (nSPS) is 10.5. The summed E-state index contributed by atoms with van der Waals surface area (Å²) in [5.74, 6) is -0.146. The van der Waals surface area contributed by atoms with Crippen molar-refractivity contribution in [3.05, 3.63) is 66.0 Å². The molecule has 0 amide bonds. The van der Waals surface area contributed by atoms with E-state index < -0.39 is 5.97 Å². The first kappa shape index (κ1) is 14.0. The Morgan fingerprint density at radius 3 is 2.32 bits per heavy atom. The molecule has 0 saturated carbocycles. The van der Waals surface area contributed by atoms with Crippen LogP contribution in [0.5, 0.6) is 0 Å². The van der Waals surface area contributed by atoms with Crippen molar-refractivity contribution in [3.63, 3.8) is 0 Å². The number of carbonyl (C=O) groups is 1. The fourth-order valence-corrected chi connectivity index (χ4v) is 2.06. The number of halogens is 1. The third-order valence-electron chi connectivity index (χ3n) is 3.24. The van der Waals surface area contributed by atoms with E-state index in [0.717, 1.165) is 11.1 Å². The molecule has 1 heterocycles. The summed E-state index contributed by atoms with van der Waals surface area (Å²) in [5, 5.41) is 3.99. The summed E-state index contributed by atoms with van der Waals surface area (Å²) < 4.78 is 22.9. The maximum absolute atomic E-state index is 12.9. The predicted octanol–water partition coefficient (Wildman–Crippen LogP) is 3.93. The Labute approximate surface area is 126 Å². The zero-order valence-electron chi connectivity index (χ0n) is 11.7. The van der Waals surface area contributed by atoms with Gasteiger partial charge in [0, 0.05) is 17.2 Å². The largest absolute Gasteiger partial charge is 0.465 e. The van der Waals surface area contributed by atoms with Gasteiger partial charge in [-0.05, 0) is 36.4 Å². The van der Waals surface area contributed by atoms with Gasteiger partial charge < -0.3 is 9.26 Å². The Morgan fingerprint density at radius 2 is 1.68 bits per heavy atom. The topological polar surface area (TPSA) is 52.3 Å². The smallest absolute Gasteiger partial charge is 0.337 e. The van der Waals surface area contributed by atoms with Gasteiger partial charge in [0.15, 0.2) is 5.76 Å². The van der Waals surface area contributed by atoms with E-state index in [9.17, 15) is 9.18 Å². The minimum atomic E-state index is -0.390. The molecule has 5 heteroatoms. The second-order valence-corrected chi connectivity index (χ2v) is 4.65. The van der Waals surface area contributed by atoms with Crippen molar-refractivity contribution in [3.8, 4) is 22.6 Å². The molecule has 0 N–H and O–H groups in total. The monoisotopic (exact) mass is 297 g/mol. The molecule has 0 atom stereocenters. The molecule has 2 aromatic carbocycles. The number of esters is 1. The van der Waals surface area contributed by atoms with Crippen LogP contribution < -0.4 is 0 Å². The zero-order valence-corrected chi connectivity index (χ0v) is 11.7. The fraction of sp³-hybridized carbons (Fsp3) is 0.0588. The highest BCUT2D eigenvalue weighted by atomic mass is 19.1. The summed E-state index contributed by atoms with van der Waals surface area (Å²) >= 11 is 0. The van der Waals surface area contributed by atoms with E-state index >= 15 is 0 Å². The lowest BCUT2D eigenvalue weighted by atomic mass is 10.1. The first-order valence-electron chi connectivity index (χ1n) is 6.59. The number of hydrogen-bond donors (Lipinski definition) is 0. The van der Waals surface area contributed by atoms with Crippen LogP contribution in [0.1, 0.15) is 10.4 Å². The lowest BCUT2D eigenvalue weighted by Gasteiger charge is -1.99. The minimum absolute atomic E-state index is 0.304. The summed E-state index contributed by atoms with van der Waals surface area (Å²) in [6.45, 7) is 0. The van der Waals surface area contributed by atoms with Crippen LogP contribution in [0.25, 0.3) is 22.6 Å². The number of methoxy groups -OCH3 is 1. The van der Waals surface area contributed by atoms with Crippen LogP contribution in [-0.2, 0) is 4.74 Å². The second kappa shape index (κ2) is 5.81. The Hall–Kier alpha value is -2.95. The summed E-state index contributed by atoms with van der Waals surface area (Å²) in [6, 6.07) is 14.6. The van der Waals surface area contributed by atoms with Crippen LogP contribution in [0, 0.1) is 5.82 Å². The summed E-state index contributed by atoms with van der Waals surface area (Å²) in [7, 11) is 1.34. The third-order valence-corrected chi connectivity index (χ3v) is 3.24. The zero-order chi connectivity index (χ0) is 15.5.